The Kier molecular flexibility index (Phi) is 3.92. The summed E-state index contributed by atoms with van der Waals surface area (Å²) < 4.78 is 0. The minimum atomic E-state index is 0.838. The van der Waals surface area contributed by atoms with Gasteiger partial charge in [-0.15, -0.1) is 0 Å². The number of hydrogen-bond acceptors (Lipinski definition) is 4. The van der Waals surface area contributed by atoms with Gasteiger partial charge in [0.1, 0.15) is 0 Å². The van der Waals surface area contributed by atoms with E-state index in [1.807, 2.05) is 12.4 Å². The number of nitrogens with one attached hydrogen (secondary N) is 1. The third-order valence-corrected chi connectivity index (χ3v) is 3.65. The molecule has 0 unspecified atom stereocenters. The number of benzene rings is 1. The zero-order valence-corrected chi connectivity index (χ0v) is 11.8. The number of aromatic nitrogens is 2. The molecule has 0 spiro atoms. The highest BCUT2D eigenvalue weighted by atomic mass is 15.3. The molecule has 1 fully saturated rings. The van der Waals surface area contributed by atoms with Crippen molar-refractivity contribution in [2.75, 3.05) is 31.1 Å². The van der Waals surface area contributed by atoms with Gasteiger partial charge >= 0.3 is 0 Å². The van der Waals surface area contributed by atoms with Gasteiger partial charge in [0.05, 0.1) is 0 Å². The summed E-state index contributed by atoms with van der Waals surface area (Å²) in [6, 6.07) is 8.46. The van der Waals surface area contributed by atoms with Crippen LogP contribution in [0.1, 0.15) is 12.0 Å². The molecule has 20 heavy (non-hydrogen) atoms. The zero-order chi connectivity index (χ0) is 13.8. The van der Waals surface area contributed by atoms with Crippen molar-refractivity contribution in [1.29, 1.82) is 0 Å². The Bertz CT molecular complexity index is 540. The lowest BCUT2D eigenvalue weighted by Gasteiger charge is -2.19. The highest BCUT2D eigenvalue weighted by molar-refractivity contribution is 5.62. The first-order valence-corrected chi connectivity index (χ1v) is 7.18. The molecular weight excluding hydrogens is 248 g/mol. The molecule has 3 rings (SSSR count). The molecule has 1 saturated heterocycles. The molecule has 1 aromatic heterocycles. The van der Waals surface area contributed by atoms with E-state index in [-0.39, 0.29) is 0 Å². The minimum absolute atomic E-state index is 0.838. The van der Waals surface area contributed by atoms with Crippen molar-refractivity contribution in [1.82, 2.24) is 15.3 Å². The average Bonchev–Trinajstić information content (AvgIpc) is 2.77. The van der Waals surface area contributed by atoms with Gasteiger partial charge in [0.2, 0.25) is 5.95 Å². The maximum Gasteiger partial charge on any atom is 0.225 e. The summed E-state index contributed by atoms with van der Waals surface area (Å²) in [5.74, 6) is 0.838. The second kappa shape index (κ2) is 6.01. The maximum atomic E-state index is 4.53. The number of aryl methyl sites for hydroxylation is 1. The summed E-state index contributed by atoms with van der Waals surface area (Å²) >= 11 is 0. The lowest BCUT2D eigenvalue weighted by atomic mass is 10.1. The van der Waals surface area contributed by atoms with Crippen molar-refractivity contribution in [3.05, 3.63) is 42.2 Å². The number of nitrogens with zero attached hydrogens (tertiary/aromatic N) is 3. The first-order chi connectivity index (χ1) is 9.83. The van der Waals surface area contributed by atoms with Gasteiger partial charge < -0.3 is 10.2 Å². The van der Waals surface area contributed by atoms with Crippen LogP contribution in [0.4, 0.5) is 5.95 Å². The van der Waals surface area contributed by atoms with E-state index in [1.54, 1.807) is 0 Å². The molecule has 0 atom stereocenters. The molecule has 0 saturated carbocycles. The minimum Gasteiger partial charge on any atom is -0.340 e. The summed E-state index contributed by atoms with van der Waals surface area (Å²) in [7, 11) is 0. The van der Waals surface area contributed by atoms with E-state index in [2.05, 4.69) is 51.4 Å². The highest BCUT2D eigenvalue weighted by Gasteiger charge is 2.11. The highest BCUT2D eigenvalue weighted by Crippen LogP contribution is 2.19. The molecule has 4 nitrogen and oxygen atoms in total. The van der Waals surface area contributed by atoms with Crippen molar-refractivity contribution in [3.8, 4) is 11.1 Å². The zero-order valence-electron chi connectivity index (χ0n) is 11.8. The van der Waals surface area contributed by atoms with E-state index < -0.39 is 0 Å². The van der Waals surface area contributed by atoms with Crippen LogP contribution in [0.25, 0.3) is 11.1 Å². The molecule has 0 aliphatic carbocycles. The lowest BCUT2D eigenvalue weighted by Crippen LogP contribution is -2.29. The van der Waals surface area contributed by atoms with Gasteiger partial charge in [0, 0.05) is 37.6 Å². The van der Waals surface area contributed by atoms with E-state index >= 15 is 0 Å². The molecule has 2 heterocycles. The number of hydrogen-bond donors (Lipinski definition) is 1. The summed E-state index contributed by atoms with van der Waals surface area (Å²) in [5.41, 5.74) is 3.50. The molecule has 2 aromatic rings. The molecule has 1 aromatic carbocycles. The van der Waals surface area contributed by atoms with Crippen LogP contribution < -0.4 is 10.2 Å². The molecule has 1 aliphatic rings. The largest absolute Gasteiger partial charge is 0.340 e. The molecule has 1 N–H and O–H groups in total. The van der Waals surface area contributed by atoms with E-state index in [1.165, 1.54) is 11.1 Å². The Morgan fingerprint density at radius 2 is 1.70 bits per heavy atom. The monoisotopic (exact) mass is 268 g/mol. The van der Waals surface area contributed by atoms with Crippen molar-refractivity contribution in [2.45, 2.75) is 13.3 Å². The molecule has 4 heteroatoms. The van der Waals surface area contributed by atoms with Crippen LogP contribution >= 0.6 is 0 Å². The first kappa shape index (κ1) is 13.1. The van der Waals surface area contributed by atoms with E-state index in [9.17, 15) is 0 Å². The van der Waals surface area contributed by atoms with Crippen LogP contribution in [0.2, 0.25) is 0 Å². The Balaban J connectivity index is 1.78. The predicted octanol–water partition coefficient (Wildman–Crippen LogP) is 2.25. The van der Waals surface area contributed by atoms with Gasteiger partial charge in [-0.25, -0.2) is 9.97 Å². The van der Waals surface area contributed by atoms with Crippen LogP contribution in [0.5, 0.6) is 0 Å². The SMILES string of the molecule is Cc1ccc(-c2cnc(N3CCCNCC3)nc2)cc1. The standard InChI is InChI=1S/C16H20N4/c1-13-3-5-14(6-4-13)15-11-18-16(19-12-15)20-9-2-7-17-8-10-20/h3-6,11-12,17H,2,7-10H2,1H3. The fourth-order valence-electron chi connectivity index (χ4n) is 2.43. The van der Waals surface area contributed by atoms with Crippen molar-refractivity contribution >= 4 is 5.95 Å². The molecule has 1 aliphatic heterocycles. The Labute approximate surface area is 119 Å². The van der Waals surface area contributed by atoms with E-state index in [0.717, 1.165) is 44.1 Å². The number of anilines is 1. The second-order valence-electron chi connectivity index (χ2n) is 5.23. The van der Waals surface area contributed by atoms with E-state index in [4.69, 9.17) is 0 Å². The second-order valence-corrected chi connectivity index (χ2v) is 5.23. The van der Waals surface area contributed by atoms with Crippen LogP contribution in [0.3, 0.4) is 0 Å². The Hall–Kier alpha value is -1.94. The smallest absolute Gasteiger partial charge is 0.225 e. The fourth-order valence-corrected chi connectivity index (χ4v) is 2.43. The predicted molar refractivity (Wildman–Crippen MR) is 81.9 cm³/mol. The van der Waals surface area contributed by atoms with Crippen molar-refractivity contribution in [3.63, 3.8) is 0 Å². The van der Waals surface area contributed by atoms with Crippen LogP contribution in [-0.2, 0) is 0 Å². The summed E-state index contributed by atoms with van der Waals surface area (Å²) in [6.45, 7) is 6.18. The summed E-state index contributed by atoms with van der Waals surface area (Å²) in [4.78, 5) is 11.3. The molecule has 104 valence electrons. The van der Waals surface area contributed by atoms with Gasteiger partial charge in [0.25, 0.3) is 0 Å². The van der Waals surface area contributed by atoms with Crippen LogP contribution in [0, 0.1) is 6.92 Å². The van der Waals surface area contributed by atoms with Crippen molar-refractivity contribution < 1.29 is 0 Å². The molecular formula is C16H20N4. The normalized spacial score (nSPS) is 15.9. The first-order valence-electron chi connectivity index (χ1n) is 7.18. The topological polar surface area (TPSA) is 41.1 Å². The van der Waals surface area contributed by atoms with E-state index in [0.29, 0.717) is 0 Å². The van der Waals surface area contributed by atoms with Gasteiger partial charge in [0.15, 0.2) is 0 Å². The van der Waals surface area contributed by atoms with Gasteiger partial charge in [-0.2, -0.15) is 0 Å². The van der Waals surface area contributed by atoms with Gasteiger partial charge in [-0.05, 0) is 25.5 Å². The number of rotatable bonds is 2. The third kappa shape index (κ3) is 2.96. The van der Waals surface area contributed by atoms with Crippen molar-refractivity contribution in [2.24, 2.45) is 0 Å². The Morgan fingerprint density at radius 1 is 0.950 bits per heavy atom. The quantitative estimate of drug-likeness (QED) is 0.907. The van der Waals surface area contributed by atoms with Gasteiger partial charge in [-0.3, -0.25) is 0 Å². The average molecular weight is 268 g/mol. The van der Waals surface area contributed by atoms with Crippen LogP contribution in [0.15, 0.2) is 36.7 Å². The van der Waals surface area contributed by atoms with Gasteiger partial charge in [-0.1, -0.05) is 29.8 Å². The summed E-state index contributed by atoms with van der Waals surface area (Å²) in [5, 5.41) is 3.39. The fraction of sp³-hybridized carbons (Fsp3) is 0.375. The lowest BCUT2D eigenvalue weighted by molar-refractivity contribution is 0.724. The van der Waals surface area contributed by atoms with Crippen LogP contribution in [-0.4, -0.2) is 36.1 Å². The Morgan fingerprint density at radius 3 is 2.45 bits per heavy atom. The summed E-state index contributed by atoms with van der Waals surface area (Å²) in [6.07, 6.45) is 4.99. The molecule has 0 amide bonds. The maximum absolute atomic E-state index is 4.53. The third-order valence-electron chi connectivity index (χ3n) is 3.65. The molecule has 0 bridgehead atoms. The molecule has 0 radical (unpaired) electrons.